The van der Waals surface area contributed by atoms with E-state index in [4.69, 9.17) is 23.7 Å². The molecular weight excluding hydrogens is 1930 g/mol. The number of alkyl carbamates (subject to hydrolysis) is 1. The highest BCUT2D eigenvalue weighted by atomic mass is 32.3. The summed E-state index contributed by atoms with van der Waals surface area (Å²) < 4.78 is 500. The molecule has 0 aromatic heterocycles. The van der Waals surface area contributed by atoms with Crippen molar-refractivity contribution in [3.63, 3.8) is 0 Å². The number of rotatable bonds is 40. The van der Waals surface area contributed by atoms with Gasteiger partial charge in [0.05, 0.1) is 7.11 Å². The zero-order chi connectivity index (χ0) is 92.0. The van der Waals surface area contributed by atoms with Crippen molar-refractivity contribution < 1.29 is 263 Å². The second-order valence-electron chi connectivity index (χ2n) is 24.6. The fourth-order valence-corrected chi connectivity index (χ4v) is 17.0. The second kappa shape index (κ2) is 39.8. The maximum atomic E-state index is 14.7. The highest BCUT2D eigenvalue weighted by Gasteiger charge is 2.62. The summed E-state index contributed by atoms with van der Waals surface area (Å²) in [5, 5.41) is 8.18. The van der Waals surface area contributed by atoms with Gasteiger partial charge in [-0.15, -0.1) is 0 Å². The second-order valence-corrected chi connectivity index (χ2v) is 37.2. The Morgan fingerprint density at radius 2 is 0.533 bits per heavy atom. The largest absolute Gasteiger partial charge is 0.467 e. The first-order valence-corrected chi connectivity index (χ1v) is 47.1. The Labute approximate surface area is 676 Å². The smallest absolute Gasteiger partial charge is 0.407 e. The van der Waals surface area contributed by atoms with E-state index in [9.17, 15) is 184 Å². The molecule has 4 saturated heterocycles. The van der Waals surface area contributed by atoms with E-state index >= 15 is 0 Å². The van der Waals surface area contributed by atoms with Gasteiger partial charge in [0.2, 0.25) is 0 Å². The van der Waals surface area contributed by atoms with Crippen molar-refractivity contribution in [1.82, 2.24) is 26.6 Å². The molecule has 1 aromatic rings. The number of methoxy groups -OCH3 is 1. The van der Waals surface area contributed by atoms with Gasteiger partial charge >= 0.3 is 137 Å². The summed E-state index contributed by atoms with van der Waals surface area (Å²) in [6, 6.07) is 4.78. The summed E-state index contributed by atoms with van der Waals surface area (Å²) in [5.41, 5.74) is -1.30. The number of nitrogens with one attached hydrogen (secondary N) is 5. The molecule has 1 aromatic carbocycles. The van der Waals surface area contributed by atoms with Crippen LogP contribution in [0.4, 0.5) is 4.79 Å². The van der Waals surface area contributed by atoms with Gasteiger partial charge in [-0.2, -0.15) is 101 Å². The highest BCUT2D eigenvalue weighted by Crippen LogP contribution is 2.37. The Kier molecular flexibility index (Phi) is 34.7. The average molecular weight is 2000 g/mol. The van der Waals surface area contributed by atoms with Gasteiger partial charge in [0.25, 0.3) is 23.6 Å². The molecule has 5 rings (SSSR count). The molecule has 4 unspecified atom stereocenters. The first-order chi connectivity index (χ1) is 54.0. The van der Waals surface area contributed by atoms with Crippen LogP contribution in [-0.2, 0) is 234 Å². The maximum absolute atomic E-state index is 14.7. The maximum Gasteiger partial charge on any atom is 0.407 e. The van der Waals surface area contributed by atoms with Crippen LogP contribution < -0.4 is 26.6 Å². The van der Waals surface area contributed by atoms with Gasteiger partial charge in [-0.1, -0.05) is 30.3 Å². The first kappa shape index (κ1) is 105. The van der Waals surface area contributed by atoms with Crippen molar-refractivity contribution in [1.29, 1.82) is 0 Å². The third kappa shape index (κ3) is 35.6. The zero-order valence-corrected chi connectivity index (χ0v) is 68.7. The minimum absolute atomic E-state index is 0.147. The molecule has 0 saturated carbocycles. The van der Waals surface area contributed by atoms with Gasteiger partial charge in [-0.3, -0.25) is 73.8 Å². The Hall–Kier alpha value is -5.88. The molecule has 694 valence electrons. The van der Waals surface area contributed by atoms with E-state index in [0.717, 1.165) is 7.11 Å². The summed E-state index contributed by atoms with van der Waals surface area (Å²) in [6.07, 6.45) is -70.0. The molecule has 5 amide bonds. The lowest BCUT2D eigenvalue weighted by molar-refractivity contribution is -0.211. The average Bonchev–Trinajstić information content (AvgIpc) is 0.773. The lowest BCUT2D eigenvalue weighted by atomic mass is 9.92. The van der Waals surface area contributed by atoms with Crippen LogP contribution in [-0.4, -0.2) is 358 Å². The monoisotopic (exact) mass is 1990 g/mol. The molecule has 65 nitrogen and oxygen atoms in total. The Morgan fingerprint density at radius 3 is 0.750 bits per heavy atom. The fourth-order valence-electron chi connectivity index (χ4n) is 11.0. The number of ether oxygens (including phenoxy) is 6. The Bertz CT molecular complexity index is 5370. The molecule has 0 spiro atoms. The van der Waals surface area contributed by atoms with Crippen molar-refractivity contribution in [2.24, 2.45) is 0 Å². The Balaban J connectivity index is 1.71. The third-order valence-electron chi connectivity index (χ3n) is 14.7. The number of esters is 1. The minimum Gasteiger partial charge on any atom is -0.467 e. The number of carbonyl (C=O) groups is 6. The van der Waals surface area contributed by atoms with E-state index in [0.29, 0.717) is 0 Å². The summed E-state index contributed by atoms with van der Waals surface area (Å²) in [6.45, 7) is -3.95. The van der Waals surface area contributed by atoms with Gasteiger partial charge in [-0.05, 0) is 26.3 Å². The molecule has 0 bridgehead atoms. The first-order valence-electron chi connectivity index (χ1n) is 30.7. The number of hydrogen-bond donors (Lipinski definition) is 17. The SMILES string of the molecule is COC(=O)C(Cc1ccccc1)NC(=O)[C@@H]1O[C@H](CNC(=O)C2O[C@H](CNC(=O)C3O[C@H](CNC(=O)C4O[C@H](CNC(=O)OC(C)(C)C)[C@@H](OS(=O)(=O)O)[C@H](OS(=O)(=O)O)[C@H]4OS(=O)(=O)O)[C@@H](OS(=O)(=O)O)[C@H](OS(=O)(=O)O)[C@H]3OS(=O)(=O)O)[C@@H](OS(=O)(=O)O)[C@H](OS(=O)(=O)O)[C@H]2OS(=O)(=O)O)[C@@H](OS(=O)(=O)O)[C@H](OS(=O)(=O)O)[C@H]1OS(=O)(=O)O. The number of hydrogen-bond acceptors (Lipinski definition) is 48. The van der Waals surface area contributed by atoms with E-state index in [1.54, 1.807) is 0 Å². The summed E-state index contributed by atoms with van der Waals surface area (Å²) >= 11 is 0. The van der Waals surface area contributed by atoms with Crippen molar-refractivity contribution in [2.45, 2.75) is 161 Å². The van der Waals surface area contributed by atoms with Crippen LogP contribution in [0.2, 0.25) is 0 Å². The summed E-state index contributed by atoms with van der Waals surface area (Å²) in [5.74, 6) is -10.7. The molecular formula is C43H65N5O60S12. The topological polar surface area (TPSA) is 981 Å². The Morgan fingerprint density at radius 1 is 0.325 bits per heavy atom. The van der Waals surface area contributed by atoms with Crippen LogP contribution in [0.1, 0.15) is 26.3 Å². The van der Waals surface area contributed by atoms with Crippen LogP contribution in [0, 0.1) is 0 Å². The summed E-state index contributed by atoms with van der Waals surface area (Å²) in [7, 11) is -76.2. The van der Waals surface area contributed by atoms with Crippen molar-refractivity contribution in [3.05, 3.63) is 35.9 Å². The van der Waals surface area contributed by atoms with Crippen LogP contribution in [0.15, 0.2) is 30.3 Å². The van der Waals surface area contributed by atoms with Gasteiger partial charge in [0.15, 0.2) is 24.4 Å². The molecule has 0 radical (unpaired) electrons. The molecule has 4 heterocycles. The molecule has 4 fully saturated rings. The van der Waals surface area contributed by atoms with E-state index in [-0.39, 0.29) is 5.56 Å². The highest BCUT2D eigenvalue weighted by molar-refractivity contribution is 7.83. The van der Waals surface area contributed by atoms with Crippen molar-refractivity contribution >= 4 is 160 Å². The summed E-state index contributed by atoms with van der Waals surface area (Å²) in [4.78, 5) is 83.9. The predicted molar refractivity (Wildman–Crippen MR) is 359 cm³/mol. The third-order valence-corrected chi connectivity index (χ3v) is 20.3. The van der Waals surface area contributed by atoms with Gasteiger partial charge in [0.1, 0.15) is 109 Å². The van der Waals surface area contributed by atoms with Gasteiger partial charge in [0, 0.05) is 32.6 Å². The minimum atomic E-state index is -6.58. The molecule has 4 aliphatic heterocycles. The molecule has 17 N–H and O–H groups in total. The van der Waals surface area contributed by atoms with E-state index in [1.165, 1.54) is 67.1 Å². The molecule has 120 heavy (non-hydrogen) atoms. The lowest BCUT2D eigenvalue weighted by Gasteiger charge is -2.45. The lowest BCUT2D eigenvalue weighted by Crippen LogP contribution is -2.69. The normalized spacial score (nSPS) is 28.9. The number of benzene rings is 1. The molecule has 0 aliphatic carbocycles. The molecule has 77 heteroatoms. The van der Waals surface area contributed by atoms with Gasteiger partial charge in [-0.25, -0.2) is 59.8 Å². The van der Waals surface area contributed by atoms with Crippen LogP contribution >= 0.6 is 0 Å². The van der Waals surface area contributed by atoms with Crippen molar-refractivity contribution in [3.8, 4) is 0 Å². The van der Waals surface area contributed by atoms with E-state index in [1.807, 2.05) is 10.6 Å². The zero-order valence-electron chi connectivity index (χ0n) is 58.9. The number of amides is 5. The molecule has 21 atom stereocenters. The standard InChI is InChI=1S/C43H65N5O60S12/c1-43(2,3)96-42(54)47-14-20-24(100-112(64,65)66)27(103-115(73,74)75)31(107-119(85,86)87)35(94-20)39(51)45-12-18-22(98-110(58,59)60)25(101-113(67,68)69)29(105-117(79,80)81)33(92-18)37(49)44-11-17-21(97-109(55,56)57)26(102-114(70,71)72)30(106-118(82,83)84)34(93-17)38(50)46-13-19-23(99-111(61,62)63)28(104-116(76,77)78)32(108-120(88,89)90)36(95-19)40(52)48-16(41(53)91-4)10-15-8-6-5-7-9-15/h5-9,16-36H,10-14H2,1-4H3,(H,44,49)(H,45,51)(H,46,50)(H,47,54)(H,48,52)(H,55,56,57)(H,58,59,60)(H,61,62,63)(H,64,65,66)(H,67,68,69)(H,70,71,72)(H,73,74,75)(H,76,77,78)(H,79,80,81)(H,82,83,84)(H,85,86,87)(H,88,89,90)/t16?,17-,18-,19-,20-,21-,22-,23-,24-,25+,26+,27+,28+,29-,30-,31-,32-,33?,34?,35?,36-/m1/s1. The van der Waals surface area contributed by atoms with Crippen LogP contribution in [0.25, 0.3) is 0 Å². The fraction of sp³-hybridized carbons (Fsp3) is 0.721. The van der Waals surface area contributed by atoms with E-state index < -0.39 is 327 Å². The van der Waals surface area contributed by atoms with Crippen LogP contribution in [0.3, 0.4) is 0 Å². The van der Waals surface area contributed by atoms with Gasteiger partial charge < -0.3 is 55.0 Å². The van der Waals surface area contributed by atoms with Crippen LogP contribution in [0.5, 0.6) is 0 Å². The number of carbonyl (C=O) groups excluding carboxylic acids is 6. The molecule has 4 aliphatic rings. The predicted octanol–water partition coefficient (Wildman–Crippen LogP) is -11.9. The van der Waals surface area contributed by atoms with Crippen molar-refractivity contribution in [2.75, 3.05) is 33.3 Å². The quantitative estimate of drug-likeness (QED) is 0.0214. The van der Waals surface area contributed by atoms with E-state index in [2.05, 4.69) is 54.9 Å².